The Morgan fingerprint density at radius 1 is 1.50 bits per heavy atom. The lowest BCUT2D eigenvalue weighted by Crippen LogP contribution is -2.47. The van der Waals surface area contributed by atoms with E-state index < -0.39 is 20.9 Å². The molecule has 0 aliphatic carbocycles. The van der Waals surface area contributed by atoms with Crippen molar-refractivity contribution in [2.45, 2.75) is 6.10 Å². The molecule has 0 saturated carbocycles. The van der Waals surface area contributed by atoms with Gasteiger partial charge in [0.25, 0.3) is 0 Å². The Bertz CT molecular complexity index is 139. The maximum Gasteiger partial charge on any atom is 0.423 e. The summed E-state index contributed by atoms with van der Waals surface area (Å²) in [6, 6.07) is 0. The first-order chi connectivity index (χ1) is 4.45. The van der Waals surface area contributed by atoms with Crippen LogP contribution < -0.4 is 5.32 Å². The molecule has 0 heterocycles. The number of hydrogen-bond acceptors (Lipinski definition) is 6. The van der Waals surface area contributed by atoms with E-state index in [4.69, 9.17) is 15.3 Å². The van der Waals surface area contributed by atoms with Crippen LogP contribution in [0.3, 0.4) is 0 Å². The van der Waals surface area contributed by atoms with E-state index in [-0.39, 0.29) is 0 Å². The molecule has 0 aromatic rings. The quantitative estimate of drug-likeness (QED) is 0.295. The van der Waals surface area contributed by atoms with Gasteiger partial charge in [0.1, 0.15) is 0 Å². The Morgan fingerprint density at radius 3 is 2.30 bits per heavy atom. The summed E-state index contributed by atoms with van der Waals surface area (Å²) < 4.78 is 13.1. The molecule has 0 aromatic heterocycles. The van der Waals surface area contributed by atoms with Crippen LogP contribution in [0.4, 0.5) is 4.79 Å². The number of amides is 1. The van der Waals surface area contributed by atoms with Crippen molar-refractivity contribution in [3.63, 3.8) is 0 Å². The van der Waals surface area contributed by atoms with Crippen molar-refractivity contribution in [2.24, 2.45) is 0 Å². The van der Waals surface area contributed by atoms with E-state index in [0.717, 1.165) is 5.32 Å². The monoisotopic (exact) mass is 169 g/mol. The van der Waals surface area contributed by atoms with E-state index >= 15 is 0 Å². The van der Waals surface area contributed by atoms with Crippen LogP contribution in [0.5, 0.6) is 0 Å². The van der Waals surface area contributed by atoms with Crippen molar-refractivity contribution >= 4 is 14.8 Å². The third kappa shape index (κ3) is 5.39. The van der Waals surface area contributed by atoms with Crippen molar-refractivity contribution in [3.8, 4) is 0 Å². The van der Waals surface area contributed by atoms with Gasteiger partial charge in [0.2, 0.25) is 0 Å². The third-order valence-electron chi connectivity index (χ3n) is 0.390. The molecule has 7 nitrogen and oxygen atoms in total. The van der Waals surface area contributed by atoms with Crippen molar-refractivity contribution in [3.05, 3.63) is 0 Å². The highest BCUT2D eigenvalue weighted by molar-refractivity contribution is 7.18. The Kier molecular flexibility index (Phi) is 3.17. The van der Waals surface area contributed by atoms with Crippen LogP contribution in [0.2, 0.25) is 0 Å². The van der Waals surface area contributed by atoms with E-state index in [1.165, 1.54) is 0 Å². The lowest BCUT2D eigenvalue weighted by atomic mass is 10.9. The molecule has 4 N–H and O–H groups in total. The first kappa shape index (κ1) is 9.25. The molecule has 0 spiro atoms. The van der Waals surface area contributed by atoms with Crippen LogP contribution in [0.15, 0.2) is 0 Å². The Morgan fingerprint density at radius 2 is 2.00 bits per heavy atom. The van der Waals surface area contributed by atoms with Gasteiger partial charge in [0, 0.05) is 0 Å². The molecule has 0 aromatic carbocycles. The maximum atomic E-state index is 10.0. The number of carbonyl (C=O) groups excluding carboxylic acids is 1. The van der Waals surface area contributed by atoms with Crippen LogP contribution in [0.1, 0.15) is 0 Å². The highest BCUT2D eigenvalue weighted by atomic mass is 31.1. The number of hydrogen-bond donors (Lipinski definition) is 4. The van der Waals surface area contributed by atoms with Crippen molar-refractivity contribution < 1.29 is 29.2 Å². The van der Waals surface area contributed by atoms with Crippen LogP contribution in [-0.4, -0.2) is 27.5 Å². The summed E-state index contributed by atoms with van der Waals surface area (Å²) in [5.41, 5.74) is 0. The molecular weight excluding hydrogens is 165 g/mol. The van der Waals surface area contributed by atoms with Gasteiger partial charge in [-0.25, -0.2) is 14.7 Å². The fourth-order valence-electron chi connectivity index (χ4n) is 0.194. The first-order valence-electron chi connectivity index (χ1n) is 1.94. The average Bonchev–Trinajstić information content (AvgIpc) is 1.59. The van der Waals surface area contributed by atoms with E-state index in [1.54, 1.807) is 0 Å². The number of nitrogens with one attached hydrogen (secondary N) is 1. The molecule has 10 heavy (non-hydrogen) atoms. The van der Waals surface area contributed by atoms with E-state index in [0.29, 0.717) is 0 Å². The summed E-state index contributed by atoms with van der Waals surface area (Å²) >= 11 is 0. The Balaban J connectivity index is 3.68. The molecule has 0 rings (SSSR count). The lowest BCUT2D eigenvalue weighted by molar-refractivity contribution is -0.324. The zero-order valence-electron chi connectivity index (χ0n) is 4.51. The van der Waals surface area contributed by atoms with Crippen LogP contribution >= 0.6 is 8.69 Å². The Labute approximate surface area is 56.5 Å². The summed E-state index contributed by atoms with van der Waals surface area (Å²) in [5.74, 6) is 0. The summed E-state index contributed by atoms with van der Waals surface area (Å²) in [7, 11) is -0.958. The highest BCUT2D eigenvalue weighted by Gasteiger charge is 2.22. The normalized spacial score (nSPS) is 11.1. The largest absolute Gasteiger partial charge is 0.423 e. The molecule has 8 heteroatoms. The average molecular weight is 169 g/mol. The predicted molar refractivity (Wildman–Crippen MR) is 26.6 cm³/mol. The second-order valence-corrected chi connectivity index (χ2v) is 1.55. The van der Waals surface area contributed by atoms with E-state index in [2.05, 4.69) is 4.52 Å². The SMILES string of the molecule is O=POC(=O)NC(O)(O)O. The number of rotatable bonds is 2. The van der Waals surface area contributed by atoms with Gasteiger partial charge in [-0.1, -0.05) is 0 Å². The topological polar surface area (TPSA) is 116 Å². The summed E-state index contributed by atoms with van der Waals surface area (Å²) in [4.78, 5) is 10.0. The van der Waals surface area contributed by atoms with Gasteiger partial charge in [-0.05, 0) is 0 Å². The number of aliphatic hydroxyl groups is 3. The second kappa shape index (κ2) is 3.43. The lowest BCUT2D eigenvalue weighted by Gasteiger charge is -2.12. The fraction of sp³-hybridized carbons (Fsp3) is 0.500. The highest BCUT2D eigenvalue weighted by Crippen LogP contribution is 1.96. The molecule has 0 saturated heterocycles. The zero-order chi connectivity index (χ0) is 8.20. The smallest absolute Gasteiger partial charge is 0.356 e. The van der Waals surface area contributed by atoms with Crippen LogP contribution in [-0.2, 0) is 9.09 Å². The minimum atomic E-state index is -3.35. The van der Waals surface area contributed by atoms with Crippen LogP contribution in [0.25, 0.3) is 0 Å². The number of carbonyl (C=O) groups is 1. The standard InChI is InChI=1S/C2H4NO6P/c4-1(9-10-8)3-2(5,6)7/h5-7H,(H,3,4). The maximum absolute atomic E-state index is 10.0. The van der Waals surface area contributed by atoms with E-state index in [1.807, 2.05) is 0 Å². The minimum Gasteiger partial charge on any atom is -0.356 e. The third-order valence-corrected chi connectivity index (χ3v) is 0.630. The van der Waals surface area contributed by atoms with Gasteiger partial charge in [-0.2, -0.15) is 0 Å². The molecule has 0 unspecified atom stereocenters. The van der Waals surface area contributed by atoms with E-state index in [9.17, 15) is 9.36 Å². The molecule has 0 atom stereocenters. The fourth-order valence-corrected chi connectivity index (χ4v) is 0.307. The van der Waals surface area contributed by atoms with Gasteiger partial charge >= 0.3 is 20.9 Å². The van der Waals surface area contributed by atoms with Gasteiger partial charge in [-0.3, -0.25) is 0 Å². The minimum absolute atomic E-state index is 0.958. The molecule has 0 aliphatic heterocycles. The molecule has 1 amide bonds. The van der Waals surface area contributed by atoms with Gasteiger partial charge < -0.3 is 19.8 Å². The molecule has 0 radical (unpaired) electrons. The molecule has 58 valence electrons. The van der Waals surface area contributed by atoms with Gasteiger partial charge in [0.05, 0.1) is 0 Å². The molecule has 0 fully saturated rings. The molecular formula is C2H4NO6P. The van der Waals surface area contributed by atoms with Gasteiger partial charge in [-0.15, -0.1) is 0 Å². The van der Waals surface area contributed by atoms with Crippen molar-refractivity contribution in [2.75, 3.05) is 0 Å². The first-order valence-corrected chi connectivity index (χ1v) is 2.67. The summed E-state index contributed by atoms with van der Waals surface area (Å²) in [5, 5.41) is 25.1. The summed E-state index contributed by atoms with van der Waals surface area (Å²) in [6.45, 7) is 0. The predicted octanol–water partition coefficient (Wildman–Crippen LogP) is -1.49. The van der Waals surface area contributed by atoms with Crippen molar-refractivity contribution in [1.82, 2.24) is 5.32 Å². The van der Waals surface area contributed by atoms with Crippen LogP contribution in [0, 0.1) is 0 Å². The second-order valence-electron chi connectivity index (χ2n) is 1.21. The molecule has 0 bridgehead atoms. The zero-order valence-corrected chi connectivity index (χ0v) is 5.41. The van der Waals surface area contributed by atoms with Gasteiger partial charge in [0.15, 0.2) is 0 Å². The summed E-state index contributed by atoms with van der Waals surface area (Å²) in [6.07, 6.45) is -4.77. The molecule has 0 aliphatic rings. The Hall–Kier alpha value is -0.750. The van der Waals surface area contributed by atoms with Crippen molar-refractivity contribution in [1.29, 1.82) is 0 Å².